The quantitative estimate of drug-likeness (QED) is 0.368. The number of aryl methyl sites for hydroxylation is 1. The average molecular weight is 483 g/mol. The van der Waals surface area contributed by atoms with Crippen molar-refractivity contribution in [3.05, 3.63) is 70.9 Å². The number of halogens is 3. The van der Waals surface area contributed by atoms with Gasteiger partial charge in [0.05, 0.1) is 11.8 Å². The van der Waals surface area contributed by atoms with E-state index >= 15 is 0 Å². The van der Waals surface area contributed by atoms with Crippen molar-refractivity contribution in [2.24, 2.45) is 5.92 Å². The first-order valence-corrected chi connectivity index (χ1v) is 11.8. The van der Waals surface area contributed by atoms with Crippen LogP contribution in [0.25, 0.3) is 22.6 Å². The molecule has 5 rings (SSSR count). The van der Waals surface area contributed by atoms with Gasteiger partial charge in [-0.2, -0.15) is 4.98 Å². The number of anilines is 1. The van der Waals surface area contributed by atoms with Gasteiger partial charge in [-0.15, -0.1) is 0 Å². The third-order valence-corrected chi connectivity index (χ3v) is 6.64. The molecular formula is C25H25ClF2N6. The first kappa shape index (κ1) is 22.7. The molecule has 1 saturated heterocycles. The van der Waals surface area contributed by atoms with Gasteiger partial charge in [-0.1, -0.05) is 29.8 Å². The van der Waals surface area contributed by atoms with Crippen molar-refractivity contribution in [3.63, 3.8) is 0 Å². The molecule has 0 amide bonds. The van der Waals surface area contributed by atoms with Gasteiger partial charge >= 0.3 is 0 Å². The fourth-order valence-corrected chi connectivity index (χ4v) is 4.59. The normalized spacial score (nSPS) is 14.6. The second-order valence-electron chi connectivity index (χ2n) is 8.54. The highest BCUT2D eigenvalue weighted by atomic mass is 35.5. The number of fused-ring (bicyclic) bond motifs is 1. The van der Waals surface area contributed by atoms with Gasteiger partial charge in [0.25, 0.3) is 0 Å². The van der Waals surface area contributed by atoms with Crippen LogP contribution in [-0.2, 0) is 13.1 Å². The SMILES string of the molecule is Fc1ccc(-c2nc3cnc(NCc4ccccc4Cl)nc3n2CCC2CCNCC2)c(F)c1. The van der Waals surface area contributed by atoms with Gasteiger partial charge < -0.3 is 15.2 Å². The Kier molecular flexibility index (Phi) is 6.69. The Hall–Kier alpha value is -3.10. The van der Waals surface area contributed by atoms with Crippen LogP contribution in [0.4, 0.5) is 14.7 Å². The molecule has 0 bridgehead atoms. The molecule has 0 aliphatic carbocycles. The van der Waals surface area contributed by atoms with Gasteiger partial charge in [0.2, 0.25) is 5.95 Å². The van der Waals surface area contributed by atoms with Crippen molar-refractivity contribution >= 4 is 28.7 Å². The summed E-state index contributed by atoms with van der Waals surface area (Å²) in [7, 11) is 0. The predicted octanol–water partition coefficient (Wildman–Crippen LogP) is 5.43. The second-order valence-corrected chi connectivity index (χ2v) is 8.95. The van der Waals surface area contributed by atoms with Crippen LogP contribution in [0.5, 0.6) is 0 Å². The van der Waals surface area contributed by atoms with E-state index in [4.69, 9.17) is 16.6 Å². The van der Waals surface area contributed by atoms with Crippen LogP contribution in [0, 0.1) is 17.6 Å². The van der Waals surface area contributed by atoms with Crippen molar-refractivity contribution in [2.45, 2.75) is 32.4 Å². The number of imidazole rings is 1. The van der Waals surface area contributed by atoms with Gasteiger partial charge in [-0.3, -0.25) is 0 Å². The minimum Gasteiger partial charge on any atom is -0.350 e. The standard InChI is InChI=1S/C25H25ClF2N6/c26-20-4-2-1-3-17(20)14-30-25-31-15-22-24(33-25)34(12-9-16-7-10-29-11-8-16)23(32-22)19-6-5-18(27)13-21(19)28/h1-6,13,15-16,29H,7-12,14H2,(H,30,31,33). The molecule has 2 aromatic carbocycles. The summed E-state index contributed by atoms with van der Waals surface area (Å²) in [6, 6.07) is 11.1. The molecule has 1 aliphatic rings. The minimum atomic E-state index is -0.650. The van der Waals surface area contributed by atoms with Gasteiger partial charge in [0, 0.05) is 24.2 Å². The Labute approximate surface area is 201 Å². The van der Waals surface area contributed by atoms with Crippen LogP contribution in [-0.4, -0.2) is 32.6 Å². The molecule has 0 unspecified atom stereocenters. The van der Waals surface area contributed by atoms with Crippen molar-refractivity contribution in [1.29, 1.82) is 0 Å². The third kappa shape index (κ3) is 4.88. The molecule has 0 saturated carbocycles. The molecule has 2 aromatic heterocycles. The van der Waals surface area contributed by atoms with E-state index in [1.807, 2.05) is 28.8 Å². The van der Waals surface area contributed by atoms with E-state index in [1.54, 1.807) is 6.20 Å². The lowest BCUT2D eigenvalue weighted by atomic mass is 9.95. The third-order valence-electron chi connectivity index (χ3n) is 6.27. The summed E-state index contributed by atoms with van der Waals surface area (Å²) in [6.45, 7) is 3.11. The van der Waals surface area contributed by atoms with E-state index in [1.165, 1.54) is 12.1 Å². The van der Waals surface area contributed by atoms with Crippen molar-refractivity contribution in [3.8, 4) is 11.4 Å². The van der Waals surface area contributed by atoms with Crippen molar-refractivity contribution in [2.75, 3.05) is 18.4 Å². The average Bonchev–Trinajstić information content (AvgIpc) is 3.20. The first-order chi connectivity index (χ1) is 16.6. The highest BCUT2D eigenvalue weighted by Gasteiger charge is 2.20. The summed E-state index contributed by atoms with van der Waals surface area (Å²) in [5.74, 6) is 0.165. The number of nitrogens with zero attached hydrogens (tertiary/aromatic N) is 4. The number of piperidine rings is 1. The molecule has 4 aromatic rings. The number of nitrogens with one attached hydrogen (secondary N) is 2. The topological polar surface area (TPSA) is 67.7 Å². The summed E-state index contributed by atoms with van der Waals surface area (Å²) in [4.78, 5) is 13.7. The fraction of sp³-hybridized carbons (Fsp3) is 0.320. The molecule has 1 fully saturated rings. The number of benzene rings is 2. The number of hydrogen-bond acceptors (Lipinski definition) is 5. The summed E-state index contributed by atoms with van der Waals surface area (Å²) in [6.07, 6.45) is 4.76. The molecule has 3 heterocycles. The van der Waals surface area contributed by atoms with Gasteiger partial charge in [-0.05, 0) is 62.0 Å². The summed E-state index contributed by atoms with van der Waals surface area (Å²) < 4.78 is 30.2. The molecule has 0 radical (unpaired) electrons. The molecule has 6 nitrogen and oxygen atoms in total. The molecular weight excluding hydrogens is 458 g/mol. The largest absolute Gasteiger partial charge is 0.350 e. The molecule has 1 aliphatic heterocycles. The lowest BCUT2D eigenvalue weighted by molar-refractivity contribution is 0.339. The Bertz CT molecular complexity index is 1300. The van der Waals surface area contributed by atoms with E-state index in [0.717, 1.165) is 44.0 Å². The highest BCUT2D eigenvalue weighted by Crippen LogP contribution is 2.29. The maximum atomic E-state index is 14.7. The second kappa shape index (κ2) is 10.0. The lowest BCUT2D eigenvalue weighted by Gasteiger charge is -2.23. The Morgan fingerprint density at radius 3 is 2.71 bits per heavy atom. The van der Waals surface area contributed by atoms with E-state index in [0.29, 0.717) is 47.0 Å². The Morgan fingerprint density at radius 1 is 1.09 bits per heavy atom. The lowest BCUT2D eigenvalue weighted by Crippen LogP contribution is -2.28. The first-order valence-electron chi connectivity index (χ1n) is 11.4. The van der Waals surface area contributed by atoms with Crippen LogP contribution >= 0.6 is 11.6 Å². The zero-order valence-electron chi connectivity index (χ0n) is 18.6. The summed E-state index contributed by atoms with van der Waals surface area (Å²) >= 11 is 6.26. The van der Waals surface area contributed by atoms with E-state index in [-0.39, 0.29) is 5.56 Å². The van der Waals surface area contributed by atoms with E-state index in [2.05, 4.69) is 20.6 Å². The smallest absolute Gasteiger partial charge is 0.225 e. The van der Waals surface area contributed by atoms with Crippen LogP contribution < -0.4 is 10.6 Å². The van der Waals surface area contributed by atoms with Crippen LogP contribution in [0.2, 0.25) is 5.02 Å². The van der Waals surface area contributed by atoms with E-state index < -0.39 is 11.6 Å². The number of rotatable bonds is 7. The van der Waals surface area contributed by atoms with Crippen LogP contribution in [0.3, 0.4) is 0 Å². The summed E-state index contributed by atoms with van der Waals surface area (Å²) in [5.41, 5.74) is 2.35. The van der Waals surface area contributed by atoms with Crippen molar-refractivity contribution < 1.29 is 8.78 Å². The van der Waals surface area contributed by atoms with Crippen molar-refractivity contribution in [1.82, 2.24) is 24.8 Å². The number of aromatic nitrogens is 4. The monoisotopic (exact) mass is 482 g/mol. The van der Waals surface area contributed by atoms with Gasteiger partial charge in [0.15, 0.2) is 5.65 Å². The highest BCUT2D eigenvalue weighted by molar-refractivity contribution is 6.31. The Morgan fingerprint density at radius 2 is 1.91 bits per heavy atom. The maximum Gasteiger partial charge on any atom is 0.225 e. The Balaban J connectivity index is 1.49. The maximum absolute atomic E-state index is 14.7. The fourth-order valence-electron chi connectivity index (χ4n) is 4.39. The zero-order valence-corrected chi connectivity index (χ0v) is 19.3. The molecule has 9 heteroatoms. The van der Waals surface area contributed by atoms with E-state index in [9.17, 15) is 8.78 Å². The van der Waals surface area contributed by atoms with Gasteiger partial charge in [0.1, 0.15) is 23.0 Å². The molecule has 34 heavy (non-hydrogen) atoms. The zero-order chi connectivity index (χ0) is 23.5. The van der Waals surface area contributed by atoms with Gasteiger partial charge in [-0.25, -0.2) is 18.7 Å². The number of hydrogen-bond donors (Lipinski definition) is 2. The minimum absolute atomic E-state index is 0.246. The molecule has 0 spiro atoms. The molecule has 176 valence electrons. The van der Waals surface area contributed by atoms with Crippen LogP contribution in [0.15, 0.2) is 48.7 Å². The predicted molar refractivity (Wildman–Crippen MR) is 130 cm³/mol. The molecule has 2 N–H and O–H groups in total. The molecule has 0 atom stereocenters. The van der Waals surface area contributed by atoms with Crippen LogP contribution in [0.1, 0.15) is 24.8 Å². The summed E-state index contributed by atoms with van der Waals surface area (Å²) in [5, 5.41) is 7.26.